The average Bonchev–Trinajstić information content (AvgIpc) is 0.870. The largest absolute Gasteiger partial charge is 0.399 e. The molecule has 850 valence electrons. The van der Waals surface area contributed by atoms with Gasteiger partial charge in [-0.2, -0.15) is 0 Å². The third-order valence-electron chi connectivity index (χ3n) is 22.3. The van der Waals surface area contributed by atoms with Gasteiger partial charge in [0.25, 0.3) is 0 Å². The van der Waals surface area contributed by atoms with Crippen LogP contribution in [0.15, 0.2) is 116 Å². The Morgan fingerprint density at radius 3 is 0.741 bits per heavy atom. The average molecular weight is 2040 g/mol. The fourth-order valence-corrected chi connectivity index (χ4v) is 16.8. The molecule has 0 aliphatic rings. The topological polar surface area (TPSA) is 198 Å². The normalized spacial score (nSPS) is 11.4. The van der Waals surface area contributed by atoms with Gasteiger partial charge >= 0.3 is 0 Å². The summed E-state index contributed by atoms with van der Waals surface area (Å²) in [7, 11) is 0. The molecule has 0 saturated heterocycles. The van der Waals surface area contributed by atoms with Crippen LogP contribution in [0, 0.1) is 142 Å². The molecule has 0 aliphatic carbocycles. The Balaban J connectivity index is -0.000000501. The first-order chi connectivity index (χ1) is 68.2. The smallest absolute Gasteiger partial charge is 0.132 e. The van der Waals surface area contributed by atoms with Crippen molar-refractivity contribution in [2.24, 2.45) is 148 Å². The van der Waals surface area contributed by atoms with Crippen molar-refractivity contribution in [1.29, 1.82) is 0 Å². The number of hydrogen-bond donors (Lipinski definition) is 4. The van der Waals surface area contributed by atoms with Crippen molar-refractivity contribution in [1.82, 2.24) is 34.9 Å². The molecule has 0 fully saturated rings. The lowest BCUT2D eigenvalue weighted by Crippen LogP contribution is -2.23. The van der Waals surface area contributed by atoms with Crippen molar-refractivity contribution in [2.45, 2.75) is 499 Å². The molecule has 3 aromatic carbocycles. The van der Waals surface area contributed by atoms with Crippen LogP contribution in [0.25, 0.3) is 0 Å². The van der Waals surface area contributed by atoms with E-state index in [9.17, 15) is 5.11 Å². The zero-order valence-electron chi connectivity index (χ0n) is 106. The van der Waals surface area contributed by atoms with Gasteiger partial charge in [-0.15, -0.1) is 0 Å². The molecule has 0 atom stereocenters. The number of hydrogen-bond acceptors (Lipinski definition) is 12. The summed E-state index contributed by atoms with van der Waals surface area (Å²) in [4.78, 5) is 30.9. The molecule has 147 heavy (non-hydrogen) atoms. The van der Waals surface area contributed by atoms with E-state index in [1.54, 1.807) is 6.33 Å². The summed E-state index contributed by atoms with van der Waals surface area (Å²) in [5.41, 5.74) is 34.0. The highest BCUT2D eigenvalue weighted by atomic mass is 16.5. The van der Waals surface area contributed by atoms with Crippen molar-refractivity contribution < 1.29 is 9.84 Å². The van der Waals surface area contributed by atoms with Crippen LogP contribution in [0.1, 0.15) is 476 Å². The number of ether oxygens (including phenoxy) is 1. The Kier molecular flexibility index (Phi) is 91.1. The minimum Gasteiger partial charge on any atom is -0.399 e. The molecule has 7 rings (SSSR count). The third kappa shape index (κ3) is 106. The predicted octanol–water partition coefficient (Wildman–Crippen LogP) is 37.6. The van der Waals surface area contributed by atoms with Crippen LogP contribution in [0.5, 0.6) is 0 Å². The Bertz CT molecular complexity index is 3480. The molecule has 0 radical (unpaired) electrons. The quantitative estimate of drug-likeness (QED) is 0.0208. The van der Waals surface area contributed by atoms with E-state index in [4.69, 9.17) is 21.9 Å². The molecule has 4 heterocycles. The summed E-state index contributed by atoms with van der Waals surface area (Å²) in [5, 5.41) is 9.39. The molecule has 0 saturated carbocycles. The van der Waals surface area contributed by atoms with Crippen LogP contribution in [0.2, 0.25) is 0 Å². The van der Waals surface area contributed by atoms with Crippen molar-refractivity contribution in [3.63, 3.8) is 0 Å². The van der Waals surface area contributed by atoms with Gasteiger partial charge in [0.15, 0.2) is 0 Å². The molecule has 0 amide bonds. The highest BCUT2D eigenvalue weighted by Gasteiger charge is 2.15. The zero-order valence-corrected chi connectivity index (χ0v) is 106. The molecule has 12 heteroatoms. The van der Waals surface area contributed by atoms with Crippen LogP contribution in [-0.4, -0.2) is 65.4 Å². The maximum Gasteiger partial charge on any atom is 0.132 e. The van der Waals surface area contributed by atoms with Gasteiger partial charge in [-0.3, -0.25) is 9.97 Å². The zero-order chi connectivity index (χ0) is 114. The number of nitrogens with zero attached hydrogens (tertiary/aromatic N) is 7. The lowest BCUT2D eigenvalue weighted by Gasteiger charge is -2.15. The van der Waals surface area contributed by atoms with E-state index >= 15 is 0 Å². The van der Waals surface area contributed by atoms with Gasteiger partial charge < -0.3 is 27.0 Å². The minimum absolute atomic E-state index is 0.0833. The van der Waals surface area contributed by atoms with Crippen LogP contribution in [0.4, 0.5) is 11.4 Å². The fraction of sp³-hybridized carbons (Fsp3) is 0.741. The van der Waals surface area contributed by atoms with Crippen LogP contribution in [0.3, 0.4) is 0 Å². The van der Waals surface area contributed by atoms with Crippen molar-refractivity contribution in [3.05, 3.63) is 195 Å². The van der Waals surface area contributed by atoms with E-state index in [1.165, 1.54) is 115 Å². The molecular weight excluding hydrogens is 1790 g/mol. The third-order valence-corrected chi connectivity index (χ3v) is 22.3. The van der Waals surface area contributed by atoms with Gasteiger partial charge in [0.2, 0.25) is 0 Å². The Morgan fingerprint density at radius 2 is 0.469 bits per heavy atom. The summed E-state index contributed by atoms with van der Waals surface area (Å²) < 4.78 is 5.46. The van der Waals surface area contributed by atoms with E-state index in [0.717, 1.165) is 214 Å². The first-order valence-electron chi connectivity index (χ1n) is 59.5. The van der Waals surface area contributed by atoms with Gasteiger partial charge in [0.1, 0.15) is 23.8 Å². The molecule has 7 N–H and O–H groups in total. The highest BCUT2D eigenvalue weighted by Crippen LogP contribution is 2.24. The summed E-state index contributed by atoms with van der Waals surface area (Å²) in [6.45, 7) is 109. The van der Waals surface area contributed by atoms with Crippen molar-refractivity contribution in [3.8, 4) is 0 Å². The lowest BCUT2D eigenvalue weighted by molar-refractivity contribution is 0.114. The number of aromatic nitrogens is 7. The molecule has 0 unspecified atom stereocenters. The van der Waals surface area contributed by atoms with Gasteiger partial charge in [-0.05, 0) is 333 Å². The van der Waals surface area contributed by atoms with Crippen molar-refractivity contribution in [2.75, 3.05) is 24.7 Å². The molecule has 4 aromatic heterocycles. The summed E-state index contributed by atoms with van der Waals surface area (Å²) >= 11 is 0. The van der Waals surface area contributed by atoms with E-state index in [1.807, 2.05) is 24.4 Å². The van der Waals surface area contributed by atoms with Gasteiger partial charge in [0, 0.05) is 84.6 Å². The second-order valence-electron chi connectivity index (χ2n) is 53.0. The van der Waals surface area contributed by atoms with Crippen LogP contribution < -0.4 is 17.2 Å². The minimum atomic E-state index is -0.0833. The van der Waals surface area contributed by atoms with E-state index < -0.39 is 0 Å². The number of aliphatic hydroxyl groups excluding tert-OH is 1. The predicted molar refractivity (Wildman–Crippen MR) is 657 cm³/mol. The number of benzene rings is 3. The Hall–Kier alpha value is -6.47. The molecule has 12 nitrogen and oxygen atoms in total. The van der Waals surface area contributed by atoms with Gasteiger partial charge in [-0.1, -0.05) is 412 Å². The Labute approximate surface area is 916 Å². The standard InChI is InChI=1S/C14H23N.2C14H22.C13H22N2.C13H21N.C12H20N2.C11H19N3.C10H22O.C9H21N.C9H20O.C9H20.C7H16/c1-10(2)5-12-7-13(6-11(3)4)9-14(15)8-12;2*1-11(2)8-13-6-5-7-14(10-13)9-12(3)4;1-9(2)5-12-7-11(14)8-13(15-12)6-10(3)4;1-10(2)8-12-6-5-7-13(14-12)9-11(3)4;1-9(2)7-11-5-6-13-12(14-11)8-10(3)4;1-8(2)5-10-12-7-13-11(14-10)6-9(3)4;1-9(2)5-7-11-8-6-10(3)4;2*1-7(2)5-9(10)6-8(3)4;1-8(2)6-5-7-9(3)4;1-6(2)5-7(3)4/h7-11H,5-6,15H2,1-4H3;2*5-7,10-12H,8-9H2,1-4H3;7-10H,5-6H2,1-4H3,(H2,14,15);5-7,10-11H,8-9H2,1-4H3;5-6,9-10H,7-8H2,1-4H3;7-9H,5-6H2,1-4H3;9-10H,5-8H2,1-4H3;7-9H,5-6,10H2,1-4H3;7-10H,5-6H2,1-4H3;8-9H,5-7H2,1-4H3;6-7H,5H2,1-4H3. The first-order valence-corrected chi connectivity index (χ1v) is 59.5. The maximum atomic E-state index is 9.39. The fourth-order valence-electron chi connectivity index (χ4n) is 16.8. The SMILES string of the molecule is CC(C)CC(C)C.CC(C)CC(N)CC(C)C.CC(C)CC(O)CC(C)C.CC(C)CCCC(C)C.CC(C)CCOCCC(C)C.CC(C)Cc1cc(N)cc(CC(C)C)c1.CC(C)Cc1cc(N)cc(CC(C)C)n1.CC(C)Cc1cccc(CC(C)C)c1.CC(C)Cc1cccc(CC(C)C)c1.CC(C)Cc1cccc(CC(C)C)n1.CC(C)Cc1ccnc(CC(C)C)n1.CC(C)Cc1ncnc(CC(C)C)n1. The lowest BCUT2D eigenvalue weighted by atomic mass is 9.96. The number of anilines is 2. The molecule has 0 bridgehead atoms. The summed E-state index contributed by atoms with van der Waals surface area (Å²) in [6, 6.07) is 37.4. The monoisotopic (exact) mass is 2040 g/mol. The second-order valence-corrected chi connectivity index (χ2v) is 53.0. The van der Waals surface area contributed by atoms with E-state index in [2.05, 4.69) is 452 Å². The van der Waals surface area contributed by atoms with Crippen LogP contribution in [-0.2, 0) is 94.6 Å². The summed E-state index contributed by atoms with van der Waals surface area (Å²) in [6.07, 6.45) is 30.7. The van der Waals surface area contributed by atoms with Gasteiger partial charge in [-0.25, -0.2) is 24.9 Å². The first kappa shape index (κ1) is 149. The highest BCUT2D eigenvalue weighted by molar-refractivity contribution is 5.45. The number of nitrogens with two attached hydrogens (primary N) is 3. The second kappa shape index (κ2) is 90.0. The van der Waals surface area contributed by atoms with E-state index in [-0.39, 0.29) is 6.10 Å². The molecular formula is C135H248N10O2. The number of rotatable bonds is 48. The van der Waals surface area contributed by atoms with Crippen molar-refractivity contribution >= 4 is 11.4 Å². The van der Waals surface area contributed by atoms with Crippen LogP contribution >= 0.6 is 0 Å². The maximum absolute atomic E-state index is 9.39. The molecule has 7 aromatic rings. The summed E-state index contributed by atoms with van der Waals surface area (Å²) in [5.74, 6) is 20.2. The number of nitrogen functional groups attached to an aromatic ring is 2. The molecule has 0 spiro atoms. The Morgan fingerprint density at radius 1 is 0.224 bits per heavy atom. The van der Waals surface area contributed by atoms with E-state index in [0.29, 0.717) is 77.1 Å². The molecule has 0 aliphatic heterocycles. The number of pyridine rings is 2. The number of aliphatic hydroxyl groups is 1. The van der Waals surface area contributed by atoms with Gasteiger partial charge in [0.05, 0.1) is 6.10 Å².